The molecule has 3 rings (SSSR count). The van der Waals surface area contributed by atoms with Crippen molar-refractivity contribution in [2.24, 2.45) is 0 Å². The minimum absolute atomic E-state index is 0.0299. The Morgan fingerprint density at radius 3 is 2.54 bits per heavy atom. The van der Waals surface area contributed by atoms with E-state index in [0.29, 0.717) is 18.5 Å². The molecule has 26 heavy (non-hydrogen) atoms. The molecule has 2 aromatic rings. The lowest BCUT2D eigenvalue weighted by Gasteiger charge is -2.21. The summed E-state index contributed by atoms with van der Waals surface area (Å²) >= 11 is 0. The number of benzene rings is 2. The highest BCUT2D eigenvalue weighted by molar-refractivity contribution is 5.89. The van der Waals surface area contributed by atoms with Gasteiger partial charge >= 0.3 is 5.97 Å². The van der Waals surface area contributed by atoms with E-state index in [9.17, 15) is 19.1 Å². The largest absolute Gasteiger partial charge is 0.478 e. The van der Waals surface area contributed by atoms with Crippen LogP contribution >= 0.6 is 0 Å². The summed E-state index contributed by atoms with van der Waals surface area (Å²) in [5.74, 6) is -0.994. The lowest BCUT2D eigenvalue weighted by molar-refractivity contribution is -0.131. The molecular weight excluding hydrogens is 333 g/mol. The zero-order chi connectivity index (χ0) is 18.7. The number of carbonyl (C=O) groups is 2. The molecule has 2 unspecified atom stereocenters. The molecule has 0 radical (unpaired) electrons. The number of carbonyl (C=O) groups excluding carboxylic acids is 1. The summed E-state index contributed by atoms with van der Waals surface area (Å²) in [6, 6.07) is 13.4. The minimum Gasteiger partial charge on any atom is -0.478 e. The van der Waals surface area contributed by atoms with Gasteiger partial charge in [0, 0.05) is 24.9 Å². The van der Waals surface area contributed by atoms with Crippen molar-refractivity contribution in [3.05, 3.63) is 71.0 Å². The molecule has 1 aliphatic heterocycles. The highest BCUT2D eigenvalue weighted by Crippen LogP contribution is 2.32. The molecule has 2 atom stereocenters. The van der Waals surface area contributed by atoms with E-state index in [-0.39, 0.29) is 35.7 Å². The summed E-state index contributed by atoms with van der Waals surface area (Å²) < 4.78 is 13.1. The van der Waals surface area contributed by atoms with Crippen LogP contribution in [0.15, 0.2) is 48.5 Å². The fraction of sp³-hybridized carbons (Fsp3) is 0.333. The Morgan fingerprint density at radius 1 is 1.15 bits per heavy atom. The quantitative estimate of drug-likeness (QED) is 0.886. The molecule has 0 aromatic heterocycles. The maximum absolute atomic E-state index is 13.1. The van der Waals surface area contributed by atoms with Gasteiger partial charge in [-0.1, -0.05) is 30.3 Å². The molecule has 0 saturated carbocycles. The molecule has 0 aliphatic carbocycles. The van der Waals surface area contributed by atoms with Crippen molar-refractivity contribution in [2.45, 2.75) is 38.1 Å². The molecular formula is C21H22FNO3. The molecule has 1 saturated heterocycles. The molecule has 0 bridgehead atoms. The number of nitrogens with zero attached hydrogens (tertiary/aromatic N) is 1. The molecule has 1 aliphatic rings. The predicted octanol–water partition coefficient (Wildman–Crippen LogP) is 3.86. The lowest BCUT2D eigenvalue weighted by Crippen LogP contribution is -2.34. The second kappa shape index (κ2) is 7.68. The third-order valence-electron chi connectivity index (χ3n) is 5.09. The molecule has 136 valence electrons. The SMILES string of the molecule is CC1CC(c2ccc(F)cc2)CN1C(=O)CCc1ccccc1C(=O)O. The predicted molar refractivity (Wildman–Crippen MR) is 96.7 cm³/mol. The molecule has 1 amide bonds. The third kappa shape index (κ3) is 3.93. The van der Waals surface area contributed by atoms with Crippen LogP contribution in [0.25, 0.3) is 0 Å². The van der Waals surface area contributed by atoms with Gasteiger partial charge < -0.3 is 10.0 Å². The van der Waals surface area contributed by atoms with Crippen molar-refractivity contribution in [1.29, 1.82) is 0 Å². The van der Waals surface area contributed by atoms with E-state index in [1.54, 1.807) is 36.4 Å². The van der Waals surface area contributed by atoms with Crippen molar-refractivity contribution >= 4 is 11.9 Å². The van der Waals surface area contributed by atoms with Crippen LogP contribution in [0, 0.1) is 5.82 Å². The van der Waals surface area contributed by atoms with E-state index >= 15 is 0 Å². The van der Waals surface area contributed by atoms with Crippen LogP contribution in [0.4, 0.5) is 4.39 Å². The van der Waals surface area contributed by atoms with Gasteiger partial charge in [-0.3, -0.25) is 4.79 Å². The number of carboxylic acid groups (broad SMARTS) is 1. The maximum Gasteiger partial charge on any atom is 0.335 e. The molecule has 4 nitrogen and oxygen atoms in total. The number of halogens is 1. The van der Waals surface area contributed by atoms with E-state index in [1.165, 1.54) is 12.1 Å². The van der Waals surface area contributed by atoms with Crippen LogP contribution in [-0.2, 0) is 11.2 Å². The highest BCUT2D eigenvalue weighted by Gasteiger charge is 2.32. The summed E-state index contributed by atoms with van der Waals surface area (Å²) in [4.78, 5) is 25.8. The zero-order valence-corrected chi connectivity index (χ0v) is 14.7. The number of likely N-dealkylation sites (tertiary alicyclic amines) is 1. The number of amides is 1. The Balaban J connectivity index is 1.63. The van der Waals surface area contributed by atoms with Gasteiger partial charge in [0.15, 0.2) is 0 Å². The average Bonchev–Trinajstić information content (AvgIpc) is 3.02. The van der Waals surface area contributed by atoms with Gasteiger partial charge in [-0.2, -0.15) is 0 Å². The second-order valence-electron chi connectivity index (χ2n) is 6.84. The number of rotatable bonds is 5. The van der Waals surface area contributed by atoms with Crippen molar-refractivity contribution in [2.75, 3.05) is 6.54 Å². The van der Waals surface area contributed by atoms with Crippen molar-refractivity contribution in [3.8, 4) is 0 Å². The standard InChI is InChI=1S/C21H22FNO3/c1-14-12-17(15-6-9-18(22)10-7-15)13-23(14)20(24)11-8-16-4-2-3-5-19(16)21(25)26/h2-7,9-10,14,17H,8,11-13H2,1H3,(H,25,26). The van der Waals surface area contributed by atoms with Crippen LogP contribution in [0.1, 0.15) is 47.2 Å². The van der Waals surface area contributed by atoms with Crippen LogP contribution in [0.2, 0.25) is 0 Å². The Kier molecular flexibility index (Phi) is 5.35. The molecule has 1 heterocycles. The summed E-state index contributed by atoms with van der Waals surface area (Å²) in [7, 11) is 0. The number of aryl methyl sites for hydroxylation is 1. The molecule has 0 spiro atoms. The number of hydrogen-bond acceptors (Lipinski definition) is 2. The Labute approximate surface area is 152 Å². The molecule has 1 fully saturated rings. The smallest absolute Gasteiger partial charge is 0.335 e. The number of hydrogen-bond donors (Lipinski definition) is 1. The Morgan fingerprint density at radius 2 is 1.85 bits per heavy atom. The first-order valence-electron chi connectivity index (χ1n) is 8.82. The van der Waals surface area contributed by atoms with E-state index < -0.39 is 5.97 Å². The minimum atomic E-state index is -0.973. The number of aromatic carboxylic acids is 1. The normalized spacial score (nSPS) is 19.5. The van der Waals surface area contributed by atoms with E-state index in [4.69, 9.17) is 0 Å². The lowest BCUT2D eigenvalue weighted by atomic mass is 9.97. The van der Waals surface area contributed by atoms with Crippen LogP contribution < -0.4 is 0 Å². The van der Waals surface area contributed by atoms with Gasteiger partial charge in [-0.05, 0) is 49.1 Å². The summed E-state index contributed by atoms with van der Waals surface area (Å²) in [6.07, 6.45) is 1.54. The Bertz CT molecular complexity index is 803. The average molecular weight is 355 g/mol. The van der Waals surface area contributed by atoms with Gasteiger partial charge in [0.05, 0.1) is 5.56 Å². The summed E-state index contributed by atoms with van der Waals surface area (Å²) in [6.45, 7) is 2.64. The van der Waals surface area contributed by atoms with Gasteiger partial charge in [0.2, 0.25) is 5.91 Å². The molecule has 2 aromatic carbocycles. The highest BCUT2D eigenvalue weighted by atomic mass is 19.1. The van der Waals surface area contributed by atoms with Crippen molar-refractivity contribution in [3.63, 3.8) is 0 Å². The van der Waals surface area contributed by atoms with E-state index in [0.717, 1.165) is 12.0 Å². The molecule has 5 heteroatoms. The monoisotopic (exact) mass is 355 g/mol. The fourth-order valence-electron chi connectivity index (χ4n) is 3.69. The van der Waals surface area contributed by atoms with Gasteiger partial charge in [-0.15, -0.1) is 0 Å². The summed E-state index contributed by atoms with van der Waals surface area (Å²) in [5, 5.41) is 9.24. The fourth-order valence-corrected chi connectivity index (χ4v) is 3.69. The van der Waals surface area contributed by atoms with Crippen LogP contribution in [0.5, 0.6) is 0 Å². The van der Waals surface area contributed by atoms with Crippen LogP contribution in [0.3, 0.4) is 0 Å². The van der Waals surface area contributed by atoms with Gasteiger partial charge in [0.1, 0.15) is 5.82 Å². The van der Waals surface area contributed by atoms with E-state index in [1.807, 2.05) is 11.8 Å². The van der Waals surface area contributed by atoms with Crippen LogP contribution in [-0.4, -0.2) is 34.5 Å². The van der Waals surface area contributed by atoms with Gasteiger partial charge in [0.25, 0.3) is 0 Å². The second-order valence-corrected chi connectivity index (χ2v) is 6.84. The third-order valence-corrected chi connectivity index (χ3v) is 5.09. The maximum atomic E-state index is 13.1. The molecule has 1 N–H and O–H groups in total. The van der Waals surface area contributed by atoms with E-state index in [2.05, 4.69) is 0 Å². The summed E-state index contributed by atoms with van der Waals surface area (Å²) in [5.41, 5.74) is 1.97. The first kappa shape index (κ1) is 18.1. The Hall–Kier alpha value is -2.69. The van der Waals surface area contributed by atoms with Crippen molar-refractivity contribution in [1.82, 2.24) is 4.90 Å². The topological polar surface area (TPSA) is 57.6 Å². The van der Waals surface area contributed by atoms with Gasteiger partial charge in [-0.25, -0.2) is 9.18 Å². The zero-order valence-electron chi connectivity index (χ0n) is 14.7. The van der Waals surface area contributed by atoms with Crippen molar-refractivity contribution < 1.29 is 19.1 Å². The number of carboxylic acids is 1. The first-order valence-corrected chi connectivity index (χ1v) is 8.82. The first-order chi connectivity index (χ1) is 12.5.